The largest absolute Gasteiger partial charge is 0.463 e. The summed E-state index contributed by atoms with van der Waals surface area (Å²) in [7, 11) is 0. The van der Waals surface area contributed by atoms with Crippen molar-refractivity contribution in [1.29, 1.82) is 0 Å². The number of carbonyl (C=O) groups excluding carboxylic acids is 1. The smallest absolute Gasteiger partial charge is 0.302 e. The third-order valence-corrected chi connectivity index (χ3v) is 1.90. The highest BCUT2D eigenvalue weighted by molar-refractivity contribution is 5.65. The van der Waals surface area contributed by atoms with Crippen molar-refractivity contribution in [3.63, 3.8) is 0 Å². The molecule has 0 aliphatic carbocycles. The molecule has 1 saturated heterocycles. The van der Waals surface area contributed by atoms with Crippen LogP contribution in [0.1, 0.15) is 13.3 Å². The van der Waals surface area contributed by atoms with Crippen molar-refractivity contribution in [2.24, 2.45) is 0 Å². The van der Waals surface area contributed by atoms with E-state index in [1.807, 2.05) is 0 Å². The summed E-state index contributed by atoms with van der Waals surface area (Å²) in [5.74, 6) is -0.401. The highest BCUT2D eigenvalue weighted by Crippen LogP contribution is 2.14. The Balaban J connectivity index is 2.29. The molecule has 0 aromatic carbocycles. The molecule has 0 saturated carbocycles. The van der Waals surface area contributed by atoms with Crippen molar-refractivity contribution < 1.29 is 24.5 Å². The lowest BCUT2D eigenvalue weighted by atomic mass is 10.0. The molecule has 0 spiro atoms. The second-order valence-electron chi connectivity index (χ2n) is 3.13. The minimum atomic E-state index is -0.761. The molecule has 76 valence electrons. The van der Waals surface area contributed by atoms with Crippen LogP contribution in [-0.2, 0) is 14.3 Å². The number of carbonyl (C=O) groups is 1. The van der Waals surface area contributed by atoms with Gasteiger partial charge in [-0.3, -0.25) is 4.79 Å². The first-order valence-corrected chi connectivity index (χ1v) is 4.20. The van der Waals surface area contributed by atoms with Crippen LogP contribution in [0.3, 0.4) is 0 Å². The van der Waals surface area contributed by atoms with E-state index >= 15 is 0 Å². The third kappa shape index (κ3) is 3.30. The van der Waals surface area contributed by atoms with Crippen LogP contribution >= 0.6 is 0 Å². The van der Waals surface area contributed by atoms with Crippen LogP contribution in [0.25, 0.3) is 0 Å². The topological polar surface area (TPSA) is 76.0 Å². The molecule has 1 aliphatic rings. The van der Waals surface area contributed by atoms with Crippen LogP contribution in [0.4, 0.5) is 0 Å². The summed E-state index contributed by atoms with van der Waals surface area (Å²) in [6.45, 7) is 1.52. The summed E-state index contributed by atoms with van der Waals surface area (Å²) >= 11 is 0. The molecule has 1 aliphatic heterocycles. The Morgan fingerprint density at radius 2 is 2.31 bits per heavy atom. The monoisotopic (exact) mass is 190 g/mol. The lowest BCUT2D eigenvalue weighted by Gasteiger charge is -2.30. The molecule has 0 amide bonds. The highest BCUT2D eigenvalue weighted by Gasteiger charge is 2.29. The van der Waals surface area contributed by atoms with E-state index in [2.05, 4.69) is 4.74 Å². The van der Waals surface area contributed by atoms with Gasteiger partial charge in [-0.05, 0) is 0 Å². The van der Waals surface area contributed by atoms with Crippen LogP contribution in [0.5, 0.6) is 0 Å². The van der Waals surface area contributed by atoms with Gasteiger partial charge in [0.15, 0.2) is 0 Å². The van der Waals surface area contributed by atoms with E-state index in [4.69, 9.17) is 9.84 Å². The van der Waals surface area contributed by atoms with E-state index < -0.39 is 24.3 Å². The fourth-order valence-corrected chi connectivity index (χ4v) is 1.20. The average Bonchev–Trinajstić information content (AvgIpc) is 2.02. The van der Waals surface area contributed by atoms with Crippen molar-refractivity contribution in [2.45, 2.75) is 31.7 Å². The Morgan fingerprint density at radius 3 is 2.85 bits per heavy atom. The normalized spacial score (nSPS) is 34.2. The predicted octanol–water partition coefficient (Wildman–Crippen LogP) is -0.940. The molecular weight excluding hydrogens is 176 g/mol. The van der Waals surface area contributed by atoms with Crippen LogP contribution < -0.4 is 0 Å². The number of aliphatic hydroxyl groups is 2. The van der Waals surface area contributed by atoms with Crippen LogP contribution in [0.15, 0.2) is 0 Å². The number of esters is 1. The number of rotatable bonds is 2. The van der Waals surface area contributed by atoms with Gasteiger partial charge in [0, 0.05) is 13.3 Å². The maximum absolute atomic E-state index is 10.4. The van der Waals surface area contributed by atoms with Crippen LogP contribution in [-0.4, -0.2) is 47.7 Å². The van der Waals surface area contributed by atoms with E-state index in [1.165, 1.54) is 6.92 Å². The second-order valence-corrected chi connectivity index (χ2v) is 3.13. The molecule has 13 heavy (non-hydrogen) atoms. The van der Waals surface area contributed by atoms with Crippen molar-refractivity contribution in [2.75, 3.05) is 13.2 Å². The van der Waals surface area contributed by atoms with Gasteiger partial charge in [-0.1, -0.05) is 0 Å². The van der Waals surface area contributed by atoms with Crippen molar-refractivity contribution in [1.82, 2.24) is 0 Å². The van der Waals surface area contributed by atoms with E-state index in [0.29, 0.717) is 0 Å². The first kappa shape index (κ1) is 10.4. The van der Waals surface area contributed by atoms with Gasteiger partial charge in [-0.2, -0.15) is 0 Å². The summed E-state index contributed by atoms with van der Waals surface area (Å²) in [5, 5.41) is 18.5. The molecule has 0 aromatic rings. The zero-order valence-electron chi connectivity index (χ0n) is 7.47. The molecule has 1 heterocycles. The van der Waals surface area contributed by atoms with E-state index in [0.717, 1.165) is 0 Å². The van der Waals surface area contributed by atoms with Crippen molar-refractivity contribution in [3.8, 4) is 0 Å². The van der Waals surface area contributed by atoms with Gasteiger partial charge >= 0.3 is 5.97 Å². The SMILES string of the molecule is CC(=O)OC[C@H]1OCC(O)CC1O. The fraction of sp³-hybridized carbons (Fsp3) is 0.875. The number of aliphatic hydroxyl groups excluding tert-OH is 2. The van der Waals surface area contributed by atoms with Gasteiger partial charge in [-0.15, -0.1) is 0 Å². The van der Waals surface area contributed by atoms with Crippen molar-refractivity contribution >= 4 is 5.97 Å². The van der Waals surface area contributed by atoms with Gasteiger partial charge in [0.05, 0.1) is 18.8 Å². The maximum Gasteiger partial charge on any atom is 0.302 e. The average molecular weight is 190 g/mol. The van der Waals surface area contributed by atoms with E-state index in [1.54, 1.807) is 0 Å². The summed E-state index contributed by atoms with van der Waals surface area (Å²) < 4.78 is 9.76. The standard InChI is InChI=1S/C8H14O5/c1-5(9)12-4-8-7(11)2-6(10)3-13-8/h6-8,10-11H,2-4H2,1H3/t6?,7?,8-/m1/s1. The number of ether oxygens (including phenoxy) is 2. The number of hydrogen-bond acceptors (Lipinski definition) is 5. The molecule has 0 radical (unpaired) electrons. The van der Waals surface area contributed by atoms with Crippen LogP contribution in [0.2, 0.25) is 0 Å². The van der Waals surface area contributed by atoms with Gasteiger partial charge in [-0.25, -0.2) is 0 Å². The molecule has 0 aromatic heterocycles. The van der Waals surface area contributed by atoms with Gasteiger partial charge in [0.2, 0.25) is 0 Å². The Labute approximate surface area is 76.3 Å². The Morgan fingerprint density at radius 1 is 1.62 bits per heavy atom. The maximum atomic E-state index is 10.4. The number of hydrogen-bond donors (Lipinski definition) is 2. The van der Waals surface area contributed by atoms with Gasteiger partial charge < -0.3 is 19.7 Å². The second kappa shape index (κ2) is 4.55. The Kier molecular flexibility index (Phi) is 3.65. The minimum absolute atomic E-state index is 0.0449. The van der Waals surface area contributed by atoms with Gasteiger partial charge in [0.25, 0.3) is 0 Å². The molecular formula is C8H14O5. The summed E-state index contributed by atoms with van der Waals surface area (Å²) in [6.07, 6.45) is -1.62. The summed E-state index contributed by atoms with van der Waals surface area (Å²) in [6, 6.07) is 0. The van der Waals surface area contributed by atoms with Gasteiger partial charge in [0.1, 0.15) is 12.7 Å². The van der Waals surface area contributed by atoms with E-state index in [9.17, 15) is 9.90 Å². The third-order valence-electron chi connectivity index (χ3n) is 1.90. The zero-order chi connectivity index (χ0) is 9.84. The molecule has 2 unspecified atom stereocenters. The Hall–Kier alpha value is -0.650. The zero-order valence-corrected chi connectivity index (χ0v) is 7.47. The summed E-state index contributed by atoms with van der Waals surface area (Å²) in [4.78, 5) is 10.4. The Bertz CT molecular complexity index is 181. The summed E-state index contributed by atoms with van der Waals surface area (Å²) in [5.41, 5.74) is 0. The molecule has 1 rings (SSSR count). The molecule has 3 atom stereocenters. The molecule has 5 heteroatoms. The minimum Gasteiger partial charge on any atom is -0.463 e. The molecule has 0 bridgehead atoms. The lowest BCUT2D eigenvalue weighted by molar-refractivity contribution is -0.162. The van der Waals surface area contributed by atoms with Crippen LogP contribution in [0, 0.1) is 0 Å². The first-order valence-electron chi connectivity index (χ1n) is 4.20. The molecule has 2 N–H and O–H groups in total. The highest BCUT2D eigenvalue weighted by atomic mass is 16.6. The first-order chi connectivity index (χ1) is 6.09. The van der Waals surface area contributed by atoms with E-state index in [-0.39, 0.29) is 19.6 Å². The van der Waals surface area contributed by atoms with Crippen molar-refractivity contribution in [3.05, 3.63) is 0 Å². The predicted molar refractivity (Wildman–Crippen MR) is 43.0 cm³/mol. The lowest BCUT2D eigenvalue weighted by Crippen LogP contribution is -2.43. The molecule has 5 nitrogen and oxygen atoms in total. The molecule has 1 fully saturated rings. The fourth-order valence-electron chi connectivity index (χ4n) is 1.20. The quantitative estimate of drug-likeness (QED) is 0.550.